The van der Waals surface area contributed by atoms with E-state index in [1.165, 1.54) is 78.6 Å². The molecule has 0 aliphatic heterocycles. The highest BCUT2D eigenvalue weighted by atomic mass is 15.1. The van der Waals surface area contributed by atoms with E-state index in [9.17, 15) is 0 Å². The van der Waals surface area contributed by atoms with E-state index >= 15 is 0 Å². The summed E-state index contributed by atoms with van der Waals surface area (Å²) >= 11 is 0. The first-order valence-electron chi connectivity index (χ1n) is 18.5. The Kier molecular flexibility index (Phi) is 10.6. The van der Waals surface area contributed by atoms with Crippen LogP contribution in [-0.2, 0) is 25.7 Å². The van der Waals surface area contributed by atoms with Crippen LogP contribution in [0.15, 0.2) is 170 Å². The van der Waals surface area contributed by atoms with E-state index < -0.39 is 0 Å². The third-order valence-corrected chi connectivity index (χ3v) is 9.86. The van der Waals surface area contributed by atoms with E-state index in [-0.39, 0.29) is 0 Å². The summed E-state index contributed by atoms with van der Waals surface area (Å²) in [4.78, 5) is 4.70. The highest BCUT2D eigenvalue weighted by molar-refractivity contribution is 5.78. The number of aryl methyl sites for hydroxylation is 8. The molecular weight excluding hydrogens is 629 g/mol. The fraction of sp³-hybridized carbons (Fsp3) is 0.160. The van der Waals surface area contributed by atoms with Crippen molar-refractivity contribution in [3.8, 4) is 0 Å². The lowest BCUT2D eigenvalue weighted by Gasteiger charge is -2.26. The standard InChI is InChI=1S/C50H48N2/c1-37-9-5-13-47(33-37)51(48-14-6-10-38(2)34-48)45-29-25-43(26-30-45)23-21-41-17-19-42(20-18-41)22-24-44-27-31-46(32-28-44)52(49-15-7-11-39(3)35-49)50-16-8-12-40(4)36-50/h5-20,25-36H,21-24H2,1-4H3. The van der Waals surface area contributed by atoms with Gasteiger partial charge in [-0.15, -0.1) is 0 Å². The Balaban J connectivity index is 0.968. The molecular formula is C50H48N2. The second kappa shape index (κ2) is 16.0. The Labute approximate surface area is 310 Å². The molecule has 0 aliphatic rings. The molecule has 0 spiro atoms. The second-order valence-corrected chi connectivity index (χ2v) is 14.2. The van der Waals surface area contributed by atoms with E-state index in [4.69, 9.17) is 0 Å². The van der Waals surface area contributed by atoms with Crippen molar-refractivity contribution in [2.24, 2.45) is 0 Å². The third kappa shape index (κ3) is 8.53. The molecule has 7 rings (SSSR count). The summed E-state index contributed by atoms with van der Waals surface area (Å²) in [6.07, 6.45) is 4.09. The second-order valence-electron chi connectivity index (χ2n) is 14.2. The monoisotopic (exact) mass is 676 g/mol. The molecule has 2 heteroatoms. The molecule has 7 aromatic rings. The van der Waals surface area contributed by atoms with Crippen LogP contribution in [0, 0.1) is 27.7 Å². The van der Waals surface area contributed by atoms with Gasteiger partial charge in [0.2, 0.25) is 0 Å². The molecule has 0 unspecified atom stereocenters. The molecule has 0 fully saturated rings. The number of anilines is 6. The van der Waals surface area contributed by atoms with Crippen molar-refractivity contribution >= 4 is 34.1 Å². The zero-order valence-corrected chi connectivity index (χ0v) is 30.9. The summed E-state index contributed by atoms with van der Waals surface area (Å²) in [6, 6.07) is 62.4. The van der Waals surface area contributed by atoms with E-state index in [1.54, 1.807) is 0 Å². The van der Waals surface area contributed by atoms with Gasteiger partial charge in [-0.2, -0.15) is 0 Å². The van der Waals surface area contributed by atoms with Crippen LogP contribution in [0.3, 0.4) is 0 Å². The SMILES string of the molecule is Cc1cccc(N(c2ccc(CCc3ccc(CCc4ccc(N(c5cccc(C)c5)c5cccc(C)c5)cc4)cc3)cc2)c2cccc(C)c2)c1. The van der Waals surface area contributed by atoms with Crippen LogP contribution in [0.1, 0.15) is 44.5 Å². The van der Waals surface area contributed by atoms with Gasteiger partial charge < -0.3 is 9.80 Å². The molecule has 0 heterocycles. The first-order valence-corrected chi connectivity index (χ1v) is 18.5. The molecule has 258 valence electrons. The normalized spacial score (nSPS) is 11.0. The van der Waals surface area contributed by atoms with Crippen molar-refractivity contribution in [1.29, 1.82) is 0 Å². The lowest BCUT2D eigenvalue weighted by molar-refractivity contribution is 0.940. The number of hydrogen-bond donors (Lipinski definition) is 0. The molecule has 0 radical (unpaired) electrons. The van der Waals surface area contributed by atoms with Crippen molar-refractivity contribution in [1.82, 2.24) is 0 Å². The van der Waals surface area contributed by atoms with Crippen LogP contribution in [0.5, 0.6) is 0 Å². The Morgan fingerprint density at radius 3 is 0.731 bits per heavy atom. The first-order chi connectivity index (χ1) is 25.4. The summed E-state index contributed by atoms with van der Waals surface area (Å²) in [5, 5.41) is 0. The van der Waals surface area contributed by atoms with Gasteiger partial charge in [-0.1, -0.05) is 97.1 Å². The van der Waals surface area contributed by atoms with Crippen molar-refractivity contribution in [3.05, 3.63) is 214 Å². The largest absolute Gasteiger partial charge is 0.310 e. The van der Waals surface area contributed by atoms with Crippen molar-refractivity contribution in [2.45, 2.75) is 53.4 Å². The zero-order chi connectivity index (χ0) is 35.9. The molecule has 52 heavy (non-hydrogen) atoms. The Morgan fingerprint density at radius 1 is 0.269 bits per heavy atom. The van der Waals surface area contributed by atoms with Gasteiger partial charge in [0, 0.05) is 34.1 Å². The maximum absolute atomic E-state index is 2.35. The van der Waals surface area contributed by atoms with Crippen LogP contribution in [-0.4, -0.2) is 0 Å². The first kappa shape index (κ1) is 34.6. The topological polar surface area (TPSA) is 6.48 Å². The smallest absolute Gasteiger partial charge is 0.0464 e. The van der Waals surface area contributed by atoms with Gasteiger partial charge in [0.05, 0.1) is 0 Å². The predicted octanol–water partition coefficient (Wildman–Crippen LogP) is 13.4. The van der Waals surface area contributed by atoms with Crippen LogP contribution in [0.2, 0.25) is 0 Å². The summed E-state index contributed by atoms with van der Waals surface area (Å²) in [6.45, 7) is 8.61. The minimum atomic E-state index is 1.02. The number of nitrogens with zero attached hydrogens (tertiary/aromatic N) is 2. The Morgan fingerprint density at radius 2 is 0.500 bits per heavy atom. The molecule has 2 nitrogen and oxygen atoms in total. The fourth-order valence-electron chi connectivity index (χ4n) is 7.04. The third-order valence-electron chi connectivity index (χ3n) is 9.86. The molecule has 7 aromatic carbocycles. The lowest BCUT2D eigenvalue weighted by atomic mass is 10.00. The van der Waals surface area contributed by atoms with Crippen molar-refractivity contribution in [3.63, 3.8) is 0 Å². The summed E-state index contributed by atoms with van der Waals surface area (Å²) in [7, 11) is 0. The van der Waals surface area contributed by atoms with Gasteiger partial charge in [0.1, 0.15) is 0 Å². The minimum Gasteiger partial charge on any atom is -0.310 e. The Hall–Kier alpha value is -5.86. The van der Waals surface area contributed by atoms with E-state index in [1.807, 2.05) is 0 Å². The van der Waals surface area contributed by atoms with Gasteiger partial charge in [-0.3, -0.25) is 0 Å². The molecule has 0 N–H and O–H groups in total. The zero-order valence-electron chi connectivity index (χ0n) is 30.9. The number of rotatable bonds is 12. The number of hydrogen-bond acceptors (Lipinski definition) is 2. The quantitative estimate of drug-likeness (QED) is 0.127. The van der Waals surface area contributed by atoms with Crippen LogP contribution in [0.25, 0.3) is 0 Å². The molecule has 0 saturated heterocycles. The minimum absolute atomic E-state index is 1.02. The molecule has 0 aromatic heterocycles. The van der Waals surface area contributed by atoms with Crippen molar-refractivity contribution < 1.29 is 0 Å². The lowest BCUT2D eigenvalue weighted by Crippen LogP contribution is -2.10. The van der Waals surface area contributed by atoms with E-state index in [0.29, 0.717) is 0 Å². The van der Waals surface area contributed by atoms with Crippen LogP contribution in [0.4, 0.5) is 34.1 Å². The summed E-state index contributed by atoms with van der Waals surface area (Å²) in [5.41, 5.74) is 17.6. The van der Waals surface area contributed by atoms with Gasteiger partial charge in [-0.25, -0.2) is 0 Å². The molecule has 0 saturated carbocycles. The molecule has 0 amide bonds. The fourth-order valence-corrected chi connectivity index (χ4v) is 7.04. The molecule has 0 atom stereocenters. The molecule has 0 aliphatic carbocycles. The summed E-state index contributed by atoms with van der Waals surface area (Å²) < 4.78 is 0. The highest BCUT2D eigenvalue weighted by Crippen LogP contribution is 2.37. The highest BCUT2D eigenvalue weighted by Gasteiger charge is 2.14. The van der Waals surface area contributed by atoms with Crippen molar-refractivity contribution in [2.75, 3.05) is 9.80 Å². The van der Waals surface area contributed by atoms with Gasteiger partial charge in [-0.05, 0) is 171 Å². The van der Waals surface area contributed by atoms with Gasteiger partial charge >= 0.3 is 0 Å². The van der Waals surface area contributed by atoms with E-state index in [2.05, 4.69) is 207 Å². The van der Waals surface area contributed by atoms with Gasteiger partial charge in [0.15, 0.2) is 0 Å². The summed E-state index contributed by atoms with van der Waals surface area (Å²) in [5.74, 6) is 0. The van der Waals surface area contributed by atoms with Crippen LogP contribution < -0.4 is 9.80 Å². The maximum Gasteiger partial charge on any atom is 0.0464 e. The van der Waals surface area contributed by atoms with E-state index in [0.717, 1.165) is 25.7 Å². The average Bonchev–Trinajstić information content (AvgIpc) is 3.15. The van der Waals surface area contributed by atoms with Crippen LogP contribution >= 0.6 is 0 Å². The number of benzene rings is 7. The average molecular weight is 677 g/mol. The maximum atomic E-state index is 2.35. The predicted molar refractivity (Wildman–Crippen MR) is 222 cm³/mol. The van der Waals surface area contributed by atoms with Gasteiger partial charge in [0.25, 0.3) is 0 Å². The Bertz CT molecular complexity index is 1980. The molecule has 0 bridgehead atoms.